The van der Waals surface area contributed by atoms with Crippen molar-refractivity contribution in [3.05, 3.63) is 0 Å². The molecule has 2 heteroatoms. The van der Waals surface area contributed by atoms with E-state index in [9.17, 15) is 0 Å². The number of rotatable bonds is 5. The monoisotopic (exact) mass is 131 g/mol. The van der Waals surface area contributed by atoms with Crippen molar-refractivity contribution in [1.82, 2.24) is 4.90 Å². The van der Waals surface area contributed by atoms with Crippen LogP contribution in [0.15, 0.2) is 0 Å². The van der Waals surface area contributed by atoms with Crippen LogP contribution in [0, 0.1) is 0 Å². The lowest BCUT2D eigenvalue weighted by Crippen LogP contribution is -2.18. The maximum atomic E-state index is 5.25. The van der Waals surface area contributed by atoms with Crippen molar-refractivity contribution in [2.45, 2.75) is 13.3 Å². The molecule has 0 radical (unpaired) electrons. The zero-order valence-electron chi connectivity index (χ0n) is 6.68. The predicted molar refractivity (Wildman–Crippen MR) is 39.7 cm³/mol. The molecule has 0 N–H and O–H groups in total. The van der Waals surface area contributed by atoms with Gasteiger partial charge in [-0.2, -0.15) is 0 Å². The summed E-state index contributed by atoms with van der Waals surface area (Å²) in [6, 6.07) is 0. The van der Waals surface area contributed by atoms with Crippen LogP contribution in [0.3, 0.4) is 0 Å². The second kappa shape index (κ2) is 6.05. The Labute approximate surface area is 57.8 Å². The van der Waals surface area contributed by atoms with Crippen LogP contribution in [0.5, 0.6) is 0 Å². The third kappa shape index (κ3) is 7.92. The fourth-order valence-electron chi connectivity index (χ4n) is 0.494. The third-order valence-electron chi connectivity index (χ3n) is 1.03. The van der Waals surface area contributed by atoms with Crippen LogP contribution in [0.2, 0.25) is 0 Å². The summed E-state index contributed by atoms with van der Waals surface area (Å²) in [7, 11) is 4.10. The van der Waals surface area contributed by atoms with E-state index in [-0.39, 0.29) is 0 Å². The van der Waals surface area contributed by atoms with Crippen LogP contribution in [-0.2, 0) is 4.74 Å². The molecule has 0 rings (SSSR count). The molecule has 0 aliphatic carbocycles. The molecule has 0 aromatic heterocycles. The first-order valence-electron chi connectivity index (χ1n) is 3.50. The van der Waals surface area contributed by atoms with Gasteiger partial charge in [0, 0.05) is 13.2 Å². The highest BCUT2D eigenvalue weighted by Gasteiger charge is 1.87. The highest BCUT2D eigenvalue weighted by atomic mass is 16.5. The fourth-order valence-corrected chi connectivity index (χ4v) is 0.494. The molecule has 0 fully saturated rings. The highest BCUT2D eigenvalue weighted by Crippen LogP contribution is 1.80. The number of ether oxygens (including phenoxy) is 1. The minimum atomic E-state index is 0.862. The van der Waals surface area contributed by atoms with Gasteiger partial charge in [-0.05, 0) is 20.5 Å². The van der Waals surface area contributed by atoms with Crippen LogP contribution in [0.25, 0.3) is 0 Å². The maximum absolute atomic E-state index is 5.25. The summed E-state index contributed by atoms with van der Waals surface area (Å²) in [5.74, 6) is 0. The Morgan fingerprint density at radius 1 is 1.22 bits per heavy atom. The molecule has 0 aliphatic heterocycles. The second-order valence-corrected chi connectivity index (χ2v) is 2.42. The average Bonchev–Trinajstić information content (AvgIpc) is 1.80. The minimum Gasteiger partial charge on any atom is -0.380 e. The molecule has 0 unspecified atom stereocenters. The van der Waals surface area contributed by atoms with Crippen LogP contribution < -0.4 is 0 Å². The number of hydrogen-bond acceptors (Lipinski definition) is 2. The third-order valence-corrected chi connectivity index (χ3v) is 1.03. The SMILES string of the molecule is CCCOCCN(C)C. The van der Waals surface area contributed by atoms with Gasteiger partial charge in [0.05, 0.1) is 6.61 Å². The quantitative estimate of drug-likeness (QED) is 0.516. The Kier molecular flexibility index (Phi) is 5.99. The molecule has 0 aromatic carbocycles. The van der Waals surface area contributed by atoms with Crippen LogP contribution in [0.1, 0.15) is 13.3 Å². The van der Waals surface area contributed by atoms with Gasteiger partial charge >= 0.3 is 0 Å². The summed E-state index contributed by atoms with van der Waals surface area (Å²) in [6.07, 6.45) is 1.12. The zero-order valence-corrected chi connectivity index (χ0v) is 6.68. The summed E-state index contributed by atoms with van der Waals surface area (Å²) in [4.78, 5) is 2.12. The zero-order chi connectivity index (χ0) is 7.11. The molecule has 0 spiro atoms. The Morgan fingerprint density at radius 3 is 2.33 bits per heavy atom. The lowest BCUT2D eigenvalue weighted by atomic mass is 10.5. The lowest BCUT2D eigenvalue weighted by Gasteiger charge is -2.08. The Balaban J connectivity index is 2.75. The van der Waals surface area contributed by atoms with Gasteiger partial charge in [0.2, 0.25) is 0 Å². The van der Waals surface area contributed by atoms with Crippen molar-refractivity contribution in [3.63, 3.8) is 0 Å². The van der Waals surface area contributed by atoms with Crippen molar-refractivity contribution in [2.75, 3.05) is 33.9 Å². The van der Waals surface area contributed by atoms with E-state index in [4.69, 9.17) is 4.74 Å². The first kappa shape index (κ1) is 8.92. The molecule has 0 heterocycles. The predicted octanol–water partition coefficient (Wildman–Crippen LogP) is 0.975. The van der Waals surface area contributed by atoms with Crippen molar-refractivity contribution in [2.24, 2.45) is 0 Å². The topological polar surface area (TPSA) is 12.5 Å². The summed E-state index contributed by atoms with van der Waals surface area (Å²) in [5.41, 5.74) is 0. The van der Waals surface area contributed by atoms with Gasteiger partial charge in [-0.1, -0.05) is 6.92 Å². The lowest BCUT2D eigenvalue weighted by molar-refractivity contribution is 0.118. The fraction of sp³-hybridized carbons (Fsp3) is 1.00. The summed E-state index contributed by atoms with van der Waals surface area (Å²) < 4.78 is 5.25. The van der Waals surface area contributed by atoms with Crippen molar-refractivity contribution < 1.29 is 4.74 Å². The van der Waals surface area contributed by atoms with Gasteiger partial charge in [0.15, 0.2) is 0 Å². The maximum Gasteiger partial charge on any atom is 0.0593 e. The molecule has 0 saturated carbocycles. The summed E-state index contributed by atoms with van der Waals surface area (Å²) in [5, 5.41) is 0. The van der Waals surface area contributed by atoms with Crippen LogP contribution in [-0.4, -0.2) is 38.8 Å². The molecule has 0 aliphatic rings. The molecule has 56 valence electrons. The molecule has 0 amide bonds. The first-order chi connectivity index (χ1) is 4.27. The molecular weight excluding hydrogens is 114 g/mol. The van der Waals surface area contributed by atoms with E-state index >= 15 is 0 Å². The molecule has 0 atom stereocenters. The smallest absolute Gasteiger partial charge is 0.0593 e. The number of likely N-dealkylation sites (N-methyl/N-ethyl adjacent to an activating group) is 1. The Morgan fingerprint density at radius 2 is 1.89 bits per heavy atom. The van der Waals surface area contributed by atoms with Gasteiger partial charge in [0.1, 0.15) is 0 Å². The molecule has 9 heavy (non-hydrogen) atoms. The second-order valence-electron chi connectivity index (χ2n) is 2.42. The Bertz CT molecular complexity index is 54.9. The van der Waals surface area contributed by atoms with E-state index in [1.807, 2.05) is 0 Å². The van der Waals surface area contributed by atoms with Gasteiger partial charge in [0.25, 0.3) is 0 Å². The molecule has 0 aromatic rings. The van der Waals surface area contributed by atoms with Crippen LogP contribution >= 0.6 is 0 Å². The number of hydrogen-bond donors (Lipinski definition) is 0. The van der Waals surface area contributed by atoms with E-state index < -0.39 is 0 Å². The summed E-state index contributed by atoms with van der Waals surface area (Å²) >= 11 is 0. The van der Waals surface area contributed by atoms with Gasteiger partial charge in [-0.25, -0.2) is 0 Å². The highest BCUT2D eigenvalue weighted by molar-refractivity contribution is 4.38. The molecular formula is C7H17NO. The Hall–Kier alpha value is -0.0800. The van der Waals surface area contributed by atoms with E-state index in [0.717, 1.165) is 26.2 Å². The van der Waals surface area contributed by atoms with Crippen molar-refractivity contribution >= 4 is 0 Å². The van der Waals surface area contributed by atoms with Gasteiger partial charge < -0.3 is 9.64 Å². The van der Waals surface area contributed by atoms with E-state index in [1.54, 1.807) is 0 Å². The normalized spacial score (nSPS) is 10.7. The molecule has 0 bridgehead atoms. The molecule has 2 nitrogen and oxygen atoms in total. The van der Waals surface area contributed by atoms with Gasteiger partial charge in [-0.15, -0.1) is 0 Å². The van der Waals surface area contributed by atoms with E-state index in [2.05, 4.69) is 25.9 Å². The first-order valence-corrected chi connectivity index (χ1v) is 3.50. The van der Waals surface area contributed by atoms with Gasteiger partial charge in [-0.3, -0.25) is 0 Å². The molecule has 0 saturated heterocycles. The van der Waals surface area contributed by atoms with E-state index in [1.165, 1.54) is 0 Å². The van der Waals surface area contributed by atoms with Crippen LogP contribution in [0.4, 0.5) is 0 Å². The average molecular weight is 131 g/mol. The summed E-state index contributed by atoms with van der Waals surface area (Å²) in [6.45, 7) is 4.91. The van der Waals surface area contributed by atoms with Crippen molar-refractivity contribution in [1.29, 1.82) is 0 Å². The minimum absolute atomic E-state index is 0.862. The largest absolute Gasteiger partial charge is 0.380 e. The van der Waals surface area contributed by atoms with E-state index in [0.29, 0.717) is 0 Å². The van der Waals surface area contributed by atoms with Crippen molar-refractivity contribution in [3.8, 4) is 0 Å². The number of nitrogens with zero attached hydrogens (tertiary/aromatic N) is 1. The standard InChI is InChI=1S/C7H17NO/c1-4-6-9-7-5-8(2)3/h4-7H2,1-3H3.